The zero-order chi connectivity index (χ0) is 21.3. The molecule has 3 aromatic rings. The highest BCUT2D eigenvalue weighted by molar-refractivity contribution is 7.89. The topological polar surface area (TPSA) is 93.1 Å². The van der Waals surface area contributed by atoms with Crippen molar-refractivity contribution in [2.75, 3.05) is 0 Å². The van der Waals surface area contributed by atoms with Gasteiger partial charge in [-0.25, -0.2) is 13.4 Å². The van der Waals surface area contributed by atoms with Crippen LogP contribution in [0.3, 0.4) is 0 Å². The lowest BCUT2D eigenvalue weighted by Gasteiger charge is -2.19. The highest BCUT2D eigenvalue weighted by Gasteiger charge is 2.25. The molecule has 7 nitrogen and oxygen atoms in total. The molecular weight excluding hydrogens is 388 g/mol. The monoisotopic (exact) mass is 412 g/mol. The van der Waals surface area contributed by atoms with Gasteiger partial charge in [-0.2, -0.15) is 0 Å². The molecule has 2 aromatic carbocycles. The molecule has 3 rings (SSSR count). The van der Waals surface area contributed by atoms with E-state index >= 15 is 0 Å². The van der Waals surface area contributed by atoms with Crippen molar-refractivity contribution in [3.8, 4) is 5.69 Å². The van der Waals surface area contributed by atoms with Crippen molar-refractivity contribution in [1.29, 1.82) is 0 Å². The van der Waals surface area contributed by atoms with Gasteiger partial charge in [0.05, 0.1) is 17.4 Å². The van der Waals surface area contributed by atoms with Crippen LogP contribution in [0.5, 0.6) is 0 Å². The normalized spacial score (nSPS) is 11.5. The van der Waals surface area contributed by atoms with E-state index in [9.17, 15) is 13.2 Å². The van der Waals surface area contributed by atoms with E-state index in [0.29, 0.717) is 11.1 Å². The summed E-state index contributed by atoms with van der Waals surface area (Å²) in [6.07, 6.45) is 2.88. The Morgan fingerprint density at radius 1 is 0.897 bits per heavy atom. The minimum atomic E-state index is -3.96. The second kappa shape index (κ2) is 7.81. The van der Waals surface area contributed by atoms with Crippen molar-refractivity contribution in [2.24, 2.45) is 0 Å². The Labute approximate surface area is 170 Å². The second-order valence-electron chi connectivity index (χ2n) is 7.00. The molecule has 0 saturated heterocycles. The Kier molecular flexibility index (Phi) is 5.59. The van der Waals surface area contributed by atoms with Gasteiger partial charge >= 0.3 is 0 Å². The summed E-state index contributed by atoms with van der Waals surface area (Å²) >= 11 is 0. The summed E-state index contributed by atoms with van der Waals surface area (Å²) < 4.78 is 27.5. The number of sulfonamides is 1. The largest absolute Gasteiger partial charge is 0.295 e. The van der Waals surface area contributed by atoms with Crippen LogP contribution in [0.15, 0.2) is 47.8 Å². The van der Waals surface area contributed by atoms with Gasteiger partial charge < -0.3 is 0 Å². The predicted molar refractivity (Wildman–Crippen MR) is 111 cm³/mol. The van der Waals surface area contributed by atoms with E-state index < -0.39 is 15.9 Å². The molecule has 1 heterocycles. The number of carbonyl (C=O) groups is 1. The fourth-order valence-corrected chi connectivity index (χ4v) is 4.80. The number of hydrazine groups is 1. The lowest BCUT2D eigenvalue weighted by molar-refractivity contribution is 0.0938. The first-order valence-electron chi connectivity index (χ1n) is 9.12. The lowest BCUT2D eigenvalue weighted by atomic mass is 9.95. The van der Waals surface area contributed by atoms with Crippen molar-refractivity contribution in [1.82, 2.24) is 19.8 Å². The van der Waals surface area contributed by atoms with E-state index in [1.165, 1.54) is 12.5 Å². The average Bonchev–Trinajstić information content (AvgIpc) is 3.19. The summed E-state index contributed by atoms with van der Waals surface area (Å²) in [5.41, 5.74) is 7.50. The smallest absolute Gasteiger partial charge is 0.284 e. The number of hydrogen-bond acceptors (Lipinski definition) is 4. The van der Waals surface area contributed by atoms with Crippen molar-refractivity contribution < 1.29 is 13.2 Å². The quantitative estimate of drug-likeness (QED) is 0.630. The van der Waals surface area contributed by atoms with Crippen LogP contribution in [-0.4, -0.2) is 23.9 Å². The Bertz CT molecular complexity index is 1150. The minimum absolute atomic E-state index is 0.190. The molecule has 0 saturated carbocycles. The first-order valence-corrected chi connectivity index (χ1v) is 10.6. The maximum absolute atomic E-state index is 13.0. The van der Waals surface area contributed by atoms with E-state index in [4.69, 9.17) is 0 Å². The first kappa shape index (κ1) is 20.8. The van der Waals surface area contributed by atoms with Gasteiger partial charge in [-0.15, -0.1) is 4.83 Å². The van der Waals surface area contributed by atoms with Gasteiger partial charge in [0, 0.05) is 5.69 Å². The maximum atomic E-state index is 13.0. The third-order valence-corrected chi connectivity index (χ3v) is 6.92. The number of imidazole rings is 1. The SMILES string of the molecule is Cc1c(C)c(C)c(S(=O)(=O)NNC(=O)c2cncn2-c2ccccc2)c(C)c1C. The predicted octanol–water partition coefficient (Wildman–Crippen LogP) is 3.04. The average molecular weight is 413 g/mol. The van der Waals surface area contributed by atoms with E-state index in [1.54, 1.807) is 18.4 Å². The Balaban J connectivity index is 1.88. The zero-order valence-electron chi connectivity index (χ0n) is 17.1. The molecule has 0 unspecified atom stereocenters. The van der Waals surface area contributed by atoms with Crippen molar-refractivity contribution >= 4 is 15.9 Å². The van der Waals surface area contributed by atoms with Crippen LogP contribution in [0, 0.1) is 34.6 Å². The van der Waals surface area contributed by atoms with Crippen LogP contribution in [0.2, 0.25) is 0 Å². The van der Waals surface area contributed by atoms with Crippen LogP contribution in [-0.2, 0) is 10.0 Å². The molecule has 0 atom stereocenters. The minimum Gasteiger partial charge on any atom is -0.295 e. The summed E-state index contributed by atoms with van der Waals surface area (Å²) in [7, 11) is -3.96. The Hall–Kier alpha value is -2.97. The summed E-state index contributed by atoms with van der Waals surface area (Å²) in [6, 6.07) is 9.20. The molecule has 2 N–H and O–H groups in total. The highest BCUT2D eigenvalue weighted by atomic mass is 32.2. The number of carbonyl (C=O) groups excluding carboxylic acids is 1. The van der Waals surface area contributed by atoms with E-state index in [2.05, 4.69) is 15.2 Å². The van der Waals surface area contributed by atoms with Crippen LogP contribution in [0.4, 0.5) is 0 Å². The fourth-order valence-electron chi connectivity index (χ4n) is 3.35. The first-order chi connectivity index (χ1) is 13.6. The highest BCUT2D eigenvalue weighted by Crippen LogP contribution is 2.29. The molecule has 0 aliphatic rings. The molecule has 8 heteroatoms. The number of nitrogens with zero attached hydrogens (tertiary/aromatic N) is 2. The lowest BCUT2D eigenvalue weighted by Crippen LogP contribution is -2.42. The summed E-state index contributed by atoms with van der Waals surface area (Å²) in [5.74, 6) is -0.606. The summed E-state index contributed by atoms with van der Waals surface area (Å²) in [4.78, 5) is 19.1. The fraction of sp³-hybridized carbons (Fsp3) is 0.238. The number of benzene rings is 2. The third-order valence-electron chi connectivity index (χ3n) is 5.40. The van der Waals surface area contributed by atoms with E-state index in [0.717, 1.165) is 22.4 Å². The van der Waals surface area contributed by atoms with Crippen molar-refractivity contribution in [3.05, 3.63) is 76.4 Å². The van der Waals surface area contributed by atoms with Gasteiger partial charge in [-0.1, -0.05) is 18.2 Å². The zero-order valence-corrected chi connectivity index (χ0v) is 17.9. The Morgan fingerprint density at radius 2 is 1.45 bits per heavy atom. The van der Waals surface area contributed by atoms with Crippen LogP contribution in [0.1, 0.15) is 38.3 Å². The van der Waals surface area contributed by atoms with Crippen LogP contribution >= 0.6 is 0 Å². The molecule has 1 aromatic heterocycles. The molecular formula is C21H24N4O3S. The van der Waals surface area contributed by atoms with Crippen molar-refractivity contribution in [2.45, 2.75) is 39.5 Å². The molecule has 29 heavy (non-hydrogen) atoms. The molecule has 0 fully saturated rings. The van der Waals surface area contributed by atoms with Gasteiger partial charge in [-0.05, 0) is 74.6 Å². The molecule has 152 valence electrons. The van der Waals surface area contributed by atoms with E-state index in [1.807, 2.05) is 51.1 Å². The number of hydrogen-bond donors (Lipinski definition) is 2. The van der Waals surface area contributed by atoms with Gasteiger partial charge in [0.1, 0.15) is 5.69 Å². The van der Waals surface area contributed by atoms with Crippen molar-refractivity contribution in [3.63, 3.8) is 0 Å². The number of para-hydroxylation sites is 1. The van der Waals surface area contributed by atoms with Crippen LogP contribution in [0.25, 0.3) is 5.69 Å². The molecule has 0 radical (unpaired) electrons. The summed E-state index contributed by atoms with van der Waals surface area (Å²) in [6.45, 7) is 9.31. The second-order valence-corrected chi connectivity index (χ2v) is 8.62. The molecule has 0 aliphatic carbocycles. The Morgan fingerprint density at radius 3 is 2.03 bits per heavy atom. The molecule has 0 bridgehead atoms. The standard InChI is InChI=1S/C21H24N4O3S/c1-13-14(2)16(4)20(17(5)15(13)3)29(27,28)24-23-21(26)19-11-22-12-25(19)18-9-7-6-8-10-18/h6-12,24H,1-5H3,(H,23,26). The van der Waals surface area contributed by atoms with E-state index in [-0.39, 0.29) is 10.6 Å². The summed E-state index contributed by atoms with van der Waals surface area (Å²) in [5, 5.41) is 0. The van der Waals surface area contributed by atoms with Gasteiger partial charge in [0.25, 0.3) is 15.9 Å². The molecule has 1 amide bonds. The van der Waals surface area contributed by atoms with Gasteiger partial charge in [0.15, 0.2) is 0 Å². The van der Waals surface area contributed by atoms with Crippen LogP contribution < -0.4 is 10.3 Å². The van der Waals surface area contributed by atoms with Gasteiger partial charge in [0.2, 0.25) is 0 Å². The maximum Gasteiger partial charge on any atom is 0.284 e. The number of rotatable bonds is 5. The number of aromatic nitrogens is 2. The number of amides is 1. The molecule has 0 aliphatic heterocycles. The van der Waals surface area contributed by atoms with Gasteiger partial charge in [-0.3, -0.25) is 14.8 Å². The third kappa shape index (κ3) is 3.81. The molecule has 0 spiro atoms. The number of nitrogens with one attached hydrogen (secondary N) is 2.